The summed E-state index contributed by atoms with van der Waals surface area (Å²) in [7, 11) is 0. The molecule has 16 heavy (non-hydrogen) atoms. The first-order chi connectivity index (χ1) is 7.68. The van der Waals surface area contributed by atoms with Crippen LogP contribution in [-0.2, 0) is 4.74 Å². The summed E-state index contributed by atoms with van der Waals surface area (Å²) in [6.45, 7) is 3.17. The van der Waals surface area contributed by atoms with E-state index in [0.717, 1.165) is 12.2 Å². The Morgan fingerprint density at radius 1 is 1.44 bits per heavy atom. The zero-order valence-corrected chi connectivity index (χ0v) is 9.35. The number of para-hydroxylation sites is 1. The SMILES string of the molecule is C[C@]1(CCOc2ccccc2)COC(N)=N1. The van der Waals surface area contributed by atoms with Crippen LogP contribution in [0.15, 0.2) is 35.3 Å². The Bertz CT molecular complexity index is 378. The molecule has 1 atom stereocenters. The summed E-state index contributed by atoms with van der Waals surface area (Å²) in [5, 5.41) is 0. The standard InChI is InChI=1S/C12H16N2O2/c1-12(9-16-11(13)14-12)7-8-15-10-5-3-2-4-6-10/h2-6H,7-9H2,1H3,(H2,13,14)/t12-/m0/s1. The molecule has 86 valence electrons. The van der Waals surface area contributed by atoms with Crippen molar-refractivity contribution in [3.05, 3.63) is 30.3 Å². The highest BCUT2D eigenvalue weighted by Crippen LogP contribution is 2.21. The minimum atomic E-state index is -0.237. The summed E-state index contributed by atoms with van der Waals surface area (Å²) in [4.78, 5) is 4.24. The normalized spacial score (nSPS) is 23.7. The van der Waals surface area contributed by atoms with E-state index in [0.29, 0.717) is 13.2 Å². The molecular formula is C12H16N2O2. The van der Waals surface area contributed by atoms with Crippen molar-refractivity contribution in [3.63, 3.8) is 0 Å². The van der Waals surface area contributed by atoms with Gasteiger partial charge in [-0.1, -0.05) is 18.2 Å². The van der Waals surface area contributed by atoms with Crippen molar-refractivity contribution >= 4 is 6.02 Å². The van der Waals surface area contributed by atoms with Crippen LogP contribution >= 0.6 is 0 Å². The lowest BCUT2D eigenvalue weighted by molar-refractivity contribution is 0.216. The van der Waals surface area contributed by atoms with E-state index in [1.54, 1.807) is 0 Å². The van der Waals surface area contributed by atoms with Gasteiger partial charge in [0, 0.05) is 6.42 Å². The van der Waals surface area contributed by atoms with Crippen LogP contribution in [0.5, 0.6) is 5.75 Å². The van der Waals surface area contributed by atoms with Crippen molar-refractivity contribution in [1.82, 2.24) is 0 Å². The average Bonchev–Trinajstić information content (AvgIpc) is 2.60. The fourth-order valence-electron chi connectivity index (χ4n) is 1.59. The van der Waals surface area contributed by atoms with Gasteiger partial charge in [-0.3, -0.25) is 0 Å². The molecule has 0 unspecified atom stereocenters. The van der Waals surface area contributed by atoms with Crippen molar-refractivity contribution in [2.75, 3.05) is 13.2 Å². The summed E-state index contributed by atoms with van der Waals surface area (Å²) in [6.07, 6.45) is 0.794. The highest BCUT2D eigenvalue weighted by atomic mass is 16.5. The second-order valence-electron chi connectivity index (χ2n) is 4.15. The molecule has 1 aliphatic heterocycles. The molecule has 0 spiro atoms. The van der Waals surface area contributed by atoms with Gasteiger partial charge in [-0.05, 0) is 19.1 Å². The lowest BCUT2D eigenvalue weighted by atomic mass is 10.0. The van der Waals surface area contributed by atoms with E-state index in [9.17, 15) is 0 Å². The number of nitrogens with two attached hydrogens (primary N) is 1. The Balaban J connectivity index is 1.81. The van der Waals surface area contributed by atoms with Gasteiger partial charge in [-0.25, -0.2) is 4.99 Å². The summed E-state index contributed by atoms with van der Waals surface area (Å²) >= 11 is 0. The minimum absolute atomic E-state index is 0.237. The van der Waals surface area contributed by atoms with E-state index in [1.807, 2.05) is 37.3 Å². The third kappa shape index (κ3) is 2.66. The molecule has 0 saturated heterocycles. The minimum Gasteiger partial charge on any atom is -0.494 e. The van der Waals surface area contributed by atoms with Gasteiger partial charge in [0.25, 0.3) is 6.02 Å². The number of amidine groups is 1. The molecule has 0 radical (unpaired) electrons. The summed E-state index contributed by atoms with van der Waals surface area (Å²) in [5.41, 5.74) is 5.24. The van der Waals surface area contributed by atoms with Crippen LogP contribution in [0.2, 0.25) is 0 Å². The number of hydrogen-bond acceptors (Lipinski definition) is 4. The number of ether oxygens (including phenoxy) is 2. The molecule has 1 aromatic rings. The molecule has 2 N–H and O–H groups in total. The zero-order valence-electron chi connectivity index (χ0n) is 9.35. The van der Waals surface area contributed by atoms with E-state index in [4.69, 9.17) is 15.2 Å². The number of hydrogen-bond donors (Lipinski definition) is 1. The fraction of sp³-hybridized carbons (Fsp3) is 0.417. The topological polar surface area (TPSA) is 56.8 Å². The predicted octanol–water partition coefficient (Wildman–Crippen LogP) is 1.56. The maximum atomic E-state index is 5.60. The average molecular weight is 220 g/mol. The lowest BCUT2D eigenvalue weighted by Gasteiger charge is -2.17. The highest BCUT2D eigenvalue weighted by Gasteiger charge is 2.30. The second kappa shape index (κ2) is 4.43. The van der Waals surface area contributed by atoms with Gasteiger partial charge in [0.2, 0.25) is 0 Å². The molecule has 0 saturated carbocycles. The van der Waals surface area contributed by atoms with Gasteiger partial charge in [0.15, 0.2) is 0 Å². The molecule has 4 nitrogen and oxygen atoms in total. The van der Waals surface area contributed by atoms with Crippen LogP contribution in [0.1, 0.15) is 13.3 Å². The van der Waals surface area contributed by atoms with E-state index < -0.39 is 0 Å². The number of aliphatic imine (C=N–C) groups is 1. The number of benzene rings is 1. The Hall–Kier alpha value is -1.71. The van der Waals surface area contributed by atoms with Crippen LogP contribution < -0.4 is 10.5 Å². The molecule has 0 aliphatic carbocycles. The summed E-state index contributed by atoms with van der Waals surface area (Å²) in [6, 6.07) is 10.0. The first-order valence-corrected chi connectivity index (χ1v) is 5.34. The first-order valence-electron chi connectivity index (χ1n) is 5.34. The number of rotatable bonds is 4. The van der Waals surface area contributed by atoms with Gasteiger partial charge < -0.3 is 15.2 Å². The highest BCUT2D eigenvalue weighted by molar-refractivity contribution is 5.73. The van der Waals surface area contributed by atoms with Crippen LogP contribution in [0, 0.1) is 0 Å². The second-order valence-corrected chi connectivity index (χ2v) is 4.15. The van der Waals surface area contributed by atoms with Crippen molar-refractivity contribution in [1.29, 1.82) is 0 Å². The molecular weight excluding hydrogens is 204 g/mol. The Morgan fingerprint density at radius 3 is 2.81 bits per heavy atom. The molecule has 0 amide bonds. The fourth-order valence-corrected chi connectivity index (χ4v) is 1.59. The van der Waals surface area contributed by atoms with E-state index >= 15 is 0 Å². The predicted molar refractivity (Wildman–Crippen MR) is 62.5 cm³/mol. The largest absolute Gasteiger partial charge is 0.494 e. The van der Waals surface area contributed by atoms with Gasteiger partial charge >= 0.3 is 0 Å². The van der Waals surface area contributed by atoms with Crippen molar-refractivity contribution in [2.45, 2.75) is 18.9 Å². The summed E-state index contributed by atoms with van der Waals surface area (Å²) < 4.78 is 10.7. The van der Waals surface area contributed by atoms with Crippen molar-refractivity contribution in [3.8, 4) is 5.75 Å². The van der Waals surface area contributed by atoms with Gasteiger partial charge in [0.05, 0.1) is 6.61 Å². The lowest BCUT2D eigenvalue weighted by Crippen LogP contribution is -2.26. The van der Waals surface area contributed by atoms with Gasteiger partial charge in [-0.2, -0.15) is 0 Å². The molecule has 1 aliphatic rings. The maximum absolute atomic E-state index is 5.60. The maximum Gasteiger partial charge on any atom is 0.282 e. The molecule has 1 aromatic carbocycles. The molecule has 0 fully saturated rings. The van der Waals surface area contributed by atoms with Crippen LogP contribution in [0.3, 0.4) is 0 Å². The van der Waals surface area contributed by atoms with Crippen LogP contribution in [0.4, 0.5) is 0 Å². The molecule has 0 bridgehead atoms. The van der Waals surface area contributed by atoms with E-state index in [1.165, 1.54) is 0 Å². The van der Waals surface area contributed by atoms with Gasteiger partial charge in [0.1, 0.15) is 17.9 Å². The van der Waals surface area contributed by atoms with Crippen molar-refractivity contribution in [2.24, 2.45) is 10.7 Å². The van der Waals surface area contributed by atoms with Crippen molar-refractivity contribution < 1.29 is 9.47 Å². The molecule has 1 heterocycles. The van der Waals surface area contributed by atoms with Gasteiger partial charge in [-0.15, -0.1) is 0 Å². The third-order valence-electron chi connectivity index (χ3n) is 2.56. The molecule has 2 rings (SSSR count). The smallest absolute Gasteiger partial charge is 0.282 e. The van der Waals surface area contributed by atoms with Crippen LogP contribution in [0.25, 0.3) is 0 Å². The number of nitrogens with zero attached hydrogens (tertiary/aromatic N) is 1. The Kier molecular flexibility index (Phi) is 2.99. The van der Waals surface area contributed by atoms with Crippen LogP contribution in [-0.4, -0.2) is 24.8 Å². The Morgan fingerprint density at radius 2 is 2.19 bits per heavy atom. The van der Waals surface area contributed by atoms with E-state index in [-0.39, 0.29) is 11.6 Å². The first kappa shape index (κ1) is 10.8. The molecule has 0 aromatic heterocycles. The van der Waals surface area contributed by atoms with E-state index in [2.05, 4.69) is 4.99 Å². The summed E-state index contributed by atoms with van der Waals surface area (Å²) in [5.74, 6) is 0.877. The zero-order chi connectivity index (χ0) is 11.4. The molecule has 4 heteroatoms. The Labute approximate surface area is 95.1 Å². The quantitative estimate of drug-likeness (QED) is 0.837. The third-order valence-corrected chi connectivity index (χ3v) is 2.56. The monoisotopic (exact) mass is 220 g/mol.